The van der Waals surface area contributed by atoms with Crippen LogP contribution in [0.3, 0.4) is 0 Å². The Balaban J connectivity index is 0.00000240. The third-order valence-electron chi connectivity index (χ3n) is 5.64. The van der Waals surface area contributed by atoms with Gasteiger partial charge in [0, 0.05) is 31.5 Å². The number of methoxy groups -OCH3 is 1. The van der Waals surface area contributed by atoms with Crippen molar-refractivity contribution in [3.8, 4) is 0 Å². The molecule has 1 aromatic heterocycles. The lowest BCUT2D eigenvalue weighted by Crippen LogP contribution is -2.47. The van der Waals surface area contributed by atoms with Crippen molar-refractivity contribution >= 4 is 29.9 Å². The molecule has 1 unspecified atom stereocenters. The van der Waals surface area contributed by atoms with E-state index >= 15 is 0 Å². The molecule has 0 bridgehead atoms. The highest BCUT2D eigenvalue weighted by Crippen LogP contribution is 2.48. The molecule has 29 heavy (non-hydrogen) atoms. The fourth-order valence-electron chi connectivity index (χ4n) is 3.89. The number of fused-ring (bicyclic) bond motifs is 1. The van der Waals surface area contributed by atoms with Crippen molar-refractivity contribution in [1.29, 1.82) is 0 Å². The predicted octanol–water partition coefficient (Wildman–Crippen LogP) is 2.64. The van der Waals surface area contributed by atoms with E-state index in [-0.39, 0.29) is 29.4 Å². The number of hydrogen-bond acceptors (Lipinski definition) is 4. The Kier molecular flexibility index (Phi) is 7.50. The largest absolute Gasteiger partial charge is 0.377 e. The Morgan fingerprint density at radius 1 is 1.31 bits per heavy atom. The summed E-state index contributed by atoms with van der Waals surface area (Å²) in [5.41, 5.74) is 1.63. The van der Waals surface area contributed by atoms with Gasteiger partial charge in [0.1, 0.15) is 12.4 Å². The molecule has 1 atom stereocenters. The number of ether oxygens (including phenoxy) is 1. The van der Waals surface area contributed by atoms with Gasteiger partial charge in [0.15, 0.2) is 11.8 Å². The van der Waals surface area contributed by atoms with E-state index in [0.29, 0.717) is 12.6 Å². The van der Waals surface area contributed by atoms with Crippen molar-refractivity contribution in [3.05, 3.63) is 47.5 Å². The number of aromatic nitrogens is 3. The molecule has 2 aromatic rings. The van der Waals surface area contributed by atoms with E-state index in [1.54, 1.807) is 7.11 Å². The van der Waals surface area contributed by atoms with E-state index < -0.39 is 0 Å². The van der Waals surface area contributed by atoms with Gasteiger partial charge in [0.05, 0.1) is 13.1 Å². The van der Waals surface area contributed by atoms with E-state index in [1.165, 1.54) is 18.4 Å². The Bertz CT molecular complexity index is 818. The quantitative estimate of drug-likeness (QED) is 0.341. The molecule has 2 N–H and O–H groups in total. The minimum Gasteiger partial charge on any atom is -0.377 e. The first kappa shape index (κ1) is 22.0. The van der Waals surface area contributed by atoms with E-state index in [0.717, 1.165) is 50.1 Å². The minimum atomic E-state index is 0. The first-order chi connectivity index (χ1) is 13.7. The van der Waals surface area contributed by atoms with Crippen LogP contribution in [0.2, 0.25) is 0 Å². The van der Waals surface area contributed by atoms with E-state index in [4.69, 9.17) is 9.73 Å². The molecule has 0 radical (unpaired) electrons. The fourth-order valence-corrected chi connectivity index (χ4v) is 3.89. The monoisotopic (exact) mass is 510 g/mol. The second-order valence-corrected chi connectivity index (χ2v) is 7.78. The highest BCUT2D eigenvalue weighted by Gasteiger charge is 2.44. The topological polar surface area (TPSA) is 76.4 Å². The van der Waals surface area contributed by atoms with Crippen LogP contribution >= 0.6 is 24.0 Å². The maximum Gasteiger partial charge on any atom is 0.191 e. The van der Waals surface area contributed by atoms with Crippen molar-refractivity contribution < 1.29 is 4.74 Å². The summed E-state index contributed by atoms with van der Waals surface area (Å²) in [6.07, 6.45) is 4.38. The molecule has 8 heteroatoms. The molecule has 158 valence electrons. The molecule has 1 saturated carbocycles. The lowest BCUT2D eigenvalue weighted by molar-refractivity contribution is 0.177. The van der Waals surface area contributed by atoms with Crippen molar-refractivity contribution in [1.82, 2.24) is 25.4 Å². The van der Waals surface area contributed by atoms with Crippen molar-refractivity contribution in [2.45, 2.75) is 57.2 Å². The van der Waals surface area contributed by atoms with E-state index in [1.807, 2.05) is 4.68 Å². The first-order valence-electron chi connectivity index (χ1n) is 10.2. The lowest BCUT2D eigenvalue weighted by Gasteiger charge is -2.25. The van der Waals surface area contributed by atoms with Gasteiger partial charge >= 0.3 is 0 Å². The van der Waals surface area contributed by atoms with Crippen molar-refractivity contribution in [2.24, 2.45) is 4.99 Å². The van der Waals surface area contributed by atoms with Crippen LogP contribution in [0.1, 0.15) is 43.4 Å². The number of nitrogens with one attached hydrogen (secondary N) is 2. The van der Waals surface area contributed by atoms with E-state index in [9.17, 15) is 0 Å². The van der Waals surface area contributed by atoms with Crippen molar-refractivity contribution in [2.75, 3.05) is 20.2 Å². The number of aliphatic imine (C=N–C) groups is 1. The van der Waals surface area contributed by atoms with Gasteiger partial charge in [-0.25, -0.2) is 9.67 Å². The standard InChI is InChI=1S/C21H30N6O.HI/c1-3-22-20(23-15-21(11-12-21)16-7-5-4-6-8-16)24-17-9-10-19-25-18(14-28-2)26-27(19)13-17;/h4-8,17H,3,9-15H2,1-2H3,(H2,22,23,24);1H. The smallest absolute Gasteiger partial charge is 0.191 e. The first-order valence-corrected chi connectivity index (χ1v) is 10.2. The van der Waals surface area contributed by atoms with Crippen LogP contribution in [-0.2, 0) is 29.7 Å². The Morgan fingerprint density at radius 3 is 2.79 bits per heavy atom. The maximum atomic E-state index is 5.15. The SMILES string of the molecule is CCNC(=NCC1(c2ccccc2)CC1)NC1CCc2nc(COC)nn2C1.I. The number of hydrogen-bond donors (Lipinski definition) is 2. The molecule has 2 heterocycles. The second kappa shape index (κ2) is 9.88. The minimum absolute atomic E-state index is 0. The van der Waals surface area contributed by atoms with Crippen LogP contribution in [0.5, 0.6) is 0 Å². The van der Waals surface area contributed by atoms with Crippen LogP contribution < -0.4 is 10.6 Å². The summed E-state index contributed by atoms with van der Waals surface area (Å²) >= 11 is 0. The van der Waals surface area contributed by atoms with Gasteiger partial charge in [-0.2, -0.15) is 5.10 Å². The lowest BCUT2D eigenvalue weighted by atomic mass is 9.96. The number of benzene rings is 1. The molecular formula is C21H31IN6O. The summed E-state index contributed by atoms with van der Waals surface area (Å²) in [5.74, 6) is 2.71. The van der Waals surface area contributed by atoms with Gasteiger partial charge in [-0.3, -0.25) is 4.99 Å². The summed E-state index contributed by atoms with van der Waals surface area (Å²) in [4.78, 5) is 9.49. The molecule has 7 nitrogen and oxygen atoms in total. The normalized spacial score (nSPS) is 19.8. The average Bonchev–Trinajstić information content (AvgIpc) is 3.40. The van der Waals surface area contributed by atoms with Crippen LogP contribution in [0.4, 0.5) is 0 Å². The summed E-state index contributed by atoms with van der Waals surface area (Å²) in [6.45, 7) is 5.05. The summed E-state index contributed by atoms with van der Waals surface area (Å²) in [7, 11) is 1.67. The zero-order chi connectivity index (χ0) is 19.4. The summed E-state index contributed by atoms with van der Waals surface area (Å²) in [6, 6.07) is 11.1. The fraction of sp³-hybridized carbons (Fsp3) is 0.571. The van der Waals surface area contributed by atoms with Crippen LogP contribution in [-0.4, -0.2) is 47.0 Å². The second-order valence-electron chi connectivity index (χ2n) is 7.78. The predicted molar refractivity (Wildman–Crippen MR) is 125 cm³/mol. The van der Waals surface area contributed by atoms with Crippen LogP contribution in [0.25, 0.3) is 0 Å². The summed E-state index contributed by atoms with van der Waals surface area (Å²) < 4.78 is 7.16. The van der Waals surface area contributed by atoms with Crippen LogP contribution in [0.15, 0.2) is 35.3 Å². The third kappa shape index (κ3) is 5.28. The molecule has 0 saturated heterocycles. The van der Waals surface area contributed by atoms with Gasteiger partial charge < -0.3 is 15.4 Å². The molecule has 1 aromatic carbocycles. The van der Waals surface area contributed by atoms with Gasteiger partial charge in [-0.05, 0) is 31.7 Å². The maximum absolute atomic E-state index is 5.15. The molecule has 0 amide bonds. The molecule has 1 fully saturated rings. The molecule has 0 spiro atoms. The van der Waals surface area contributed by atoms with Gasteiger partial charge in [0.2, 0.25) is 0 Å². The number of halogens is 1. The Morgan fingerprint density at radius 2 is 2.10 bits per heavy atom. The van der Waals surface area contributed by atoms with Gasteiger partial charge in [-0.1, -0.05) is 30.3 Å². The molecule has 1 aliphatic heterocycles. The number of aryl methyl sites for hydroxylation is 1. The summed E-state index contributed by atoms with van der Waals surface area (Å²) in [5, 5.41) is 11.6. The molecular weight excluding hydrogens is 479 g/mol. The zero-order valence-electron chi connectivity index (χ0n) is 17.2. The van der Waals surface area contributed by atoms with Gasteiger partial charge in [0.25, 0.3) is 0 Å². The average molecular weight is 510 g/mol. The Hall–Kier alpha value is -1.68. The van der Waals surface area contributed by atoms with Gasteiger partial charge in [-0.15, -0.1) is 24.0 Å². The third-order valence-corrected chi connectivity index (χ3v) is 5.64. The molecule has 4 rings (SSSR count). The van der Waals surface area contributed by atoms with Crippen molar-refractivity contribution in [3.63, 3.8) is 0 Å². The Labute approximate surface area is 189 Å². The highest BCUT2D eigenvalue weighted by atomic mass is 127. The number of nitrogens with zero attached hydrogens (tertiary/aromatic N) is 4. The van der Waals surface area contributed by atoms with E-state index in [2.05, 4.69) is 58.0 Å². The highest BCUT2D eigenvalue weighted by molar-refractivity contribution is 14.0. The molecule has 2 aliphatic rings. The number of rotatable bonds is 7. The molecule has 1 aliphatic carbocycles. The van der Waals surface area contributed by atoms with Crippen LogP contribution in [0, 0.1) is 0 Å². The number of guanidine groups is 1. The zero-order valence-corrected chi connectivity index (χ0v) is 19.6.